The summed E-state index contributed by atoms with van der Waals surface area (Å²) < 4.78 is 12.2. The molecule has 0 aromatic heterocycles. The zero-order chi connectivity index (χ0) is 22.7. The van der Waals surface area contributed by atoms with Crippen molar-refractivity contribution in [3.05, 3.63) is 57.6 Å². The van der Waals surface area contributed by atoms with Gasteiger partial charge in [-0.05, 0) is 96.9 Å². The van der Waals surface area contributed by atoms with Crippen LogP contribution < -0.4 is 9.47 Å². The largest absolute Gasteiger partial charge is 0.490 e. The Hall–Kier alpha value is -1.96. The van der Waals surface area contributed by atoms with Gasteiger partial charge in [0.1, 0.15) is 24.7 Å². The molecule has 2 rings (SSSR count). The molecule has 0 N–H and O–H groups in total. The van der Waals surface area contributed by atoms with Crippen molar-refractivity contribution in [2.45, 2.75) is 92.9 Å². The molecule has 0 aliphatic carbocycles. The maximum absolute atomic E-state index is 6.10. The van der Waals surface area contributed by atoms with Crippen molar-refractivity contribution < 1.29 is 9.47 Å². The molecule has 2 heteroatoms. The summed E-state index contributed by atoms with van der Waals surface area (Å²) in [4.78, 5) is 0. The minimum atomic E-state index is 0.143. The lowest BCUT2D eigenvalue weighted by molar-refractivity contribution is 0.215. The SMILES string of the molecule is CCC(C)(CC)c1cc(C)c(OCCOc2cc(C)c(C(C)(C)C)cc2C)cc1C. The molecule has 0 unspecified atom stereocenters. The first-order valence-corrected chi connectivity index (χ1v) is 11.4. The minimum absolute atomic E-state index is 0.143. The second kappa shape index (κ2) is 9.45. The van der Waals surface area contributed by atoms with E-state index in [4.69, 9.17) is 9.47 Å². The van der Waals surface area contributed by atoms with E-state index < -0.39 is 0 Å². The summed E-state index contributed by atoms with van der Waals surface area (Å²) >= 11 is 0. The van der Waals surface area contributed by atoms with Crippen molar-refractivity contribution >= 4 is 0 Å². The van der Waals surface area contributed by atoms with E-state index in [2.05, 4.69) is 93.5 Å². The van der Waals surface area contributed by atoms with E-state index >= 15 is 0 Å². The predicted octanol–water partition coefficient (Wildman–Crippen LogP) is 7.75. The van der Waals surface area contributed by atoms with Crippen LogP contribution in [0.25, 0.3) is 0 Å². The van der Waals surface area contributed by atoms with Crippen LogP contribution >= 0.6 is 0 Å². The van der Waals surface area contributed by atoms with Crippen LogP contribution in [-0.4, -0.2) is 13.2 Å². The molecular formula is C28H42O2. The zero-order valence-electron chi connectivity index (χ0n) is 21.0. The van der Waals surface area contributed by atoms with E-state index in [0.29, 0.717) is 13.2 Å². The van der Waals surface area contributed by atoms with Crippen LogP contribution in [0.2, 0.25) is 0 Å². The van der Waals surface area contributed by atoms with E-state index in [-0.39, 0.29) is 10.8 Å². The van der Waals surface area contributed by atoms with Crippen molar-refractivity contribution in [2.24, 2.45) is 0 Å². The van der Waals surface area contributed by atoms with Gasteiger partial charge in [0.2, 0.25) is 0 Å². The highest BCUT2D eigenvalue weighted by molar-refractivity contribution is 5.45. The average Bonchev–Trinajstić information content (AvgIpc) is 2.68. The highest BCUT2D eigenvalue weighted by Crippen LogP contribution is 2.36. The number of ether oxygens (including phenoxy) is 2. The Bertz CT molecular complexity index is 867. The monoisotopic (exact) mass is 410 g/mol. The van der Waals surface area contributed by atoms with Gasteiger partial charge in [-0.3, -0.25) is 0 Å². The molecule has 2 aromatic rings. The number of aryl methyl sites for hydroxylation is 4. The summed E-state index contributed by atoms with van der Waals surface area (Å²) in [5.74, 6) is 1.92. The molecular weight excluding hydrogens is 368 g/mol. The third-order valence-electron chi connectivity index (χ3n) is 6.66. The fourth-order valence-corrected chi connectivity index (χ4v) is 4.28. The number of benzene rings is 2. The van der Waals surface area contributed by atoms with Gasteiger partial charge in [-0.25, -0.2) is 0 Å². The smallest absolute Gasteiger partial charge is 0.122 e. The third-order valence-corrected chi connectivity index (χ3v) is 6.66. The Labute approximate surface area is 185 Å². The van der Waals surface area contributed by atoms with E-state index in [1.807, 2.05) is 0 Å². The van der Waals surface area contributed by atoms with Crippen molar-refractivity contribution in [3.63, 3.8) is 0 Å². The highest BCUT2D eigenvalue weighted by Gasteiger charge is 2.25. The van der Waals surface area contributed by atoms with Gasteiger partial charge < -0.3 is 9.47 Å². The van der Waals surface area contributed by atoms with Gasteiger partial charge in [0.25, 0.3) is 0 Å². The Morgan fingerprint density at radius 2 is 1.00 bits per heavy atom. The third kappa shape index (κ3) is 5.39. The van der Waals surface area contributed by atoms with Crippen LogP contribution in [-0.2, 0) is 10.8 Å². The van der Waals surface area contributed by atoms with Gasteiger partial charge in [-0.2, -0.15) is 0 Å². The van der Waals surface area contributed by atoms with Crippen LogP contribution in [0.4, 0.5) is 0 Å². The number of rotatable bonds is 8. The molecule has 166 valence electrons. The lowest BCUT2D eigenvalue weighted by Gasteiger charge is -2.30. The summed E-state index contributed by atoms with van der Waals surface area (Å²) in [7, 11) is 0. The van der Waals surface area contributed by atoms with Gasteiger partial charge in [-0.15, -0.1) is 0 Å². The quantitative estimate of drug-likeness (QED) is 0.414. The molecule has 0 saturated heterocycles. The van der Waals surface area contributed by atoms with Crippen molar-refractivity contribution in [1.82, 2.24) is 0 Å². The summed E-state index contributed by atoms with van der Waals surface area (Å²) in [6.07, 6.45) is 2.29. The Kier molecular flexibility index (Phi) is 7.66. The number of hydrogen-bond donors (Lipinski definition) is 0. The average molecular weight is 411 g/mol. The van der Waals surface area contributed by atoms with Gasteiger partial charge >= 0.3 is 0 Å². The summed E-state index contributed by atoms with van der Waals surface area (Å²) in [5, 5.41) is 0. The standard InChI is InChI=1S/C28H42O2/c1-11-28(10,12-2)24-16-22(6)26(18-20(24)4)30-14-13-29-25-17-19(3)23(15-21(25)5)27(7,8)9/h15-18H,11-14H2,1-10H3. The van der Waals surface area contributed by atoms with E-state index in [1.54, 1.807) is 0 Å². The topological polar surface area (TPSA) is 18.5 Å². The lowest BCUT2D eigenvalue weighted by Crippen LogP contribution is -2.21. The van der Waals surface area contributed by atoms with Gasteiger partial charge in [0.05, 0.1) is 0 Å². The second-order valence-corrected chi connectivity index (χ2v) is 10.1. The zero-order valence-corrected chi connectivity index (χ0v) is 21.0. The molecule has 0 fully saturated rings. The van der Waals surface area contributed by atoms with E-state index in [1.165, 1.54) is 33.4 Å². The molecule has 2 aromatic carbocycles. The van der Waals surface area contributed by atoms with Crippen LogP contribution in [0.3, 0.4) is 0 Å². The molecule has 0 radical (unpaired) electrons. The van der Waals surface area contributed by atoms with Gasteiger partial charge in [0.15, 0.2) is 0 Å². The van der Waals surface area contributed by atoms with Gasteiger partial charge in [0, 0.05) is 0 Å². The summed E-state index contributed by atoms with van der Waals surface area (Å²) in [5.41, 5.74) is 8.16. The molecule has 30 heavy (non-hydrogen) atoms. The molecule has 0 spiro atoms. The Balaban J connectivity index is 2.05. The first-order valence-electron chi connectivity index (χ1n) is 11.4. The second-order valence-electron chi connectivity index (χ2n) is 10.1. The molecule has 0 heterocycles. The van der Waals surface area contributed by atoms with Crippen molar-refractivity contribution in [1.29, 1.82) is 0 Å². The first-order chi connectivity index (χ1) is 13.9. The highest BCUT2D eigenvalue weighted by atomic mass is 16.5. The minimum Gasteiger partial charge on any atom is -0.490 e. The van der Waals surface area contributed by atoms with Crippen LogP contribution in [0.1, 0.15) is 87.8 Å². The van der Waals surface area contributed by atoms with Crippen LogP contribution in [0, 0.1) is 27.7 Å². The molecule has 0 aliphatic rings. The Morgan fingerprint density at radius 1 is 0.600 bits per heavy atom. The summed E-state index contributed by atoms with van der Waals surface area (Å²) in [6.45, 7) is 23.4. The molecule has 2 nitrogen and oxygen atoms in total. The normalized spacial score (nSPS) is 12.2. The fraction of sp³-hybridized carbons (Fsp3) is 0.571. The number of hydrogen-bond acceptors (Lipinski definition) is 2. The Morgan fingerprint density at radius 3 is 1.40 bits per heavy atom. The predicted molar refractivity (Wildman–Crippen MR) is 129 cm³/mol. The molecule has 0 aliphatic heterocycles. The fourth-order valence-electron chi connectivity index (χ4n) is 4.28. The first kappa shape index (κ1) is 24.3. The van der Waals surface area contributed by atoms with Gasteiger partial charge in [-0.1, -0.05) is 53.7 Å². The van der Waals surface area contributed by atoms with Crippen molar-refractivity contribution in [2.75, 3.05) is 13.2 Å². The molecule has 0 atom stereocenters. The van der Waals surface area contributed by atoms with E-state index in [0.717, 1.165) is 24.3 Å². The lowest BCUT2D eigenvalue weighted by atomic mass is 9.75. The molecule has 0 bridgehead atoms. The maximum Gasteiger partial charge on any atom is 0.122 e. The van der Waals surface area contributed by atoms with Crippen LogP contribution in [0.5, 0.6) is 11.5 Å². The molecule has 0 saturated carbocycles. The van der Waals surface area contributed by atoms with Crippen LogP contribution in [0.15, 0.2) is 24.3 Å². The summed E-state index contributed by atoms with van der Waals surface area (Å²) in [6, 6.07) is 8.94. The van der Waals surface area contributed by atoms with E-state index in [9.17, 15) is 0 Å². The maximum atomic E-state index is 6.10. The van der Waals surface area contributed by atoms with Crippen molar-refractivity contribution in [3.8, 4) is 11.5 Å². The molecule has 0 amide bonds.